The van der Waals surface area contributed by atoms with E-state index in [0.29, 0.717) is 13.2 Å². The molecule has 0 spiro atoms. The number of nitrogens with one attached hydrogen (secondary N) is 1. The number of aliphatic hydroxyl groups is 1. The fraction of sp³-hybridized carbons (Fsp3) is 0.455. The number of hydrogen-bond donors (Lipinski definition) is 2. The van der Waals surface area contributed by atoms with Gasteiger partial charge in [0.25, 0.3) is 0 Å². The molecular formula is C11H16ClNO2. The molecule has 3 nitrogen and oxygen atoms in total. The number of halogens is 1. The molecule has 15 heavy (non-hydrogen) atoms. The average molecular weight is 230 g/mol. The summed E-state index contributed by atoms with van der Waals surface area (Å²) in [5.41, 5.74) is 1.13. The minimum Gasteiger partial charge on any atom is -0.395 e. The zero-order valence-corrected chi connectivity index (χ0v) is 9.50. The van der Waals surface area contributed by atoms with Crippen molar-refractivity contribution in [2.45, 2.75) is 12.6 Å². The quantitative estimate of drug-likeness (QED) is 0.776. The highest BCUT2D eigenvalue weighted by Gasteiger charge is 2.05. The Morgan fingerprint density at radius 1 is 1.40 bits per heavy atom. The molecule has 0 aliphatic rings. The first-order valence-corrected chi connectivity index (χ1v) is 5.21. The second-order valence-electron chi connectivity index (χ2n) is 3.34. The summed E-state index contributed by atoms with van der Waals surface area (Å²) in [5, 5.41) is 12.9. The zero-order valence-electron chi connectivity index (χ0n) is 8.74. The predicted octanol–water partition coefficient (Wildman–Crippen LogP) is 1.44. The predicted molar refractivity (Wildman–Crippen MR) is 61.0 cm³/mol. The van der Waals surface area contributed by atoms with Gasteiger partial charge in [-0.05, 0) is 17.7 Å². The van der Waals surface area contributed by atoms with E-state index in [4.69, 9.17) is 21.4 Å². The topological polar surface area (TPSA) is 41.5 Å². The summed E-state index contributed by atoms with van der Waals surface area (Å²) in [4.78, 5) is 0. The van der Waals surface area contributed by atoms with Crippen molar-refractivity contribution in [3.8, 4) is 0 Å². The summed E-state index contributed by atoms with van der Waals surface area (Å²) >= 11 is 5.77. The number of ether oxygens (including phenoxy) is 1. The summed E-state index contributed by atoms with van der Waals surface area (Å²) in [6.07, 6.45) is 0. The van der Waals surface area contributed by atoms with Gasteiger partial charge in [-0.15, -0.1) is 0 Å². The highest BCUT2D eigenvalue weighted by atomic mass is 35.5. The molecule has 0 saturated heterocycles. The van der Waals surface area contributed by atoms with Crippen molar-refractivity contribution in [1.29, 1.82) is 0 Å². The Morgan fingerprint density at radius 3 is 2.60 bits per heavy atom. The second kappa shape index (κ2) is 6.80. The van der Waals surface area contributed by atoms with Crippen LogP contribution in [0, 0.1) is 0 Å². The Kier molecular flexibility index (Phi) is 5.65. The Bertz CT molecular complexity index is 276. The van der Waals surface area contributed by atoms with Gasteiger partial charge in [-0.3, -0.25) is 0 Å². The molecule has 1 rings (SSSR count). The first kappa shape index (κ1) is 12.5. The minimum absolute atomic E-state index is 0.0225. The molecule has 84 valence electrons. The van der Waals surface area contributed by atoms with Crippen LogP contribution in [0.1, 0.15) is 5.56 Å². The van der Waals surface area contributed by atoms with Crippen molar-refractivity contribution < 1.29 is 9.84 Å². The maximum atomic E-state index is 9.02. The van der Waals surface area contributed by atoms with E-state index in [1.54, 1.807) is 7.11 Å². The lowest BCUT2D eigenvalue weighted by Crippen LogP contribution is -2.35. The lowest BCUT2D eigenvalue weighted by molar-refractivity contribution is 0.128. The van der Waals surface area contributed by atoms with E-state index in [1.807, 2.05) is 24.3 Å². The van der Waals surface area contributed by atoms with Gasteiger partial charge in [0.05, 0.1) is 19.3 Å². The molecular weight excluding hydrogens is 214 g/mol. The Labute approximate surface area is 95.0 Å². The van der Waals surface area contributed by atoms with E-state index < -0.39 is 0 Å². The van der Waals surface area contributed by atoms with Crippen LogP contribution in [0.4, 0.5) is 0 Å². The van der Waals surface area contributed by atoms with Crippen molar-refractivity contribution >= 4 is 11.6 Å². The second-order valence-corrected chi connectivity index (χ2v) is 3.78. The molecule has 0 saturated carbocycles. The number of benzene rings is 1. The summed E-state index contributed by atoms with van der Waals surface area (Å²) < 4.78 is 4.96. The van der Waals surface area contributed by atoms with Gasteiger partial charge < -0.3 is 15.2 Å². The van der Waals surface area contributed by atoms with Gasteiger partial charge in [-0.1, -0.05) is 23.7 Å². The highest BCUT2D eigenvalue weighted by molar-refractivity contribution is 6.30. The summed E-state index contributed by atoms with van der Waals surface area (Å²) in [6, 6.07) is 7.59. The highest BCUT2D eigenvalue weighted by Crippen LogP contribution is 2.09. The van der Waals surface area contributed by atoms with Gasteiger partial charge in [0.2, 0.25) is 0 Å². The fourth-order valence-electron chi connectivity index (χ4n) is 1.24. The van der Waals surface area contributed by atoms with E-state index in [-0.39, 0.29) is 12.6 Å². The lowest BCUT2D eigenvalue weighted by Gasteiger charge is -2.15. The summed E-state index contributed by atoms with van der Waals surface area (Å²) in [6.45, 7) is 1.28. The minimum atomic E-state index is -0.0225. The van der Waals surface area contributed by atoms with Crippen LogP contribution < -0.4 is 5.32 Å². The maximum Gasteiger partial charge on any atom is 0.0638 e. The van der Waals surface area contributed by atoms with Gasteiger partial charge in [0.1, 0.15) is 0 Å². The molecule has 0 aromatic heterocycles. The van der Waals surface area contributed by atoms with Crippen molar-refractivity contribution in [3.63, 3.8) is 0 Å². The van der Waals surface area contributed by atoms with Crippen molar-refractivity contribution in [1.82, 2.24) is 5.32 Å². The van der Waals surface area contributed by atoms with E-state index in [1.165, 1.54) is 0 Å². The smallest absolute Gasteiger partial charge is 0.0638 e. The molecule has 0 aliphatic carbocycles. The van der Waals surface area contributed by atoms with Crippen LogP contribution in [-0.2, 0) is 11.3 Å². The Morgan fingerprint density at radius 2 is 2.07 bits per heavy atom. The normalized spacial score (nSPS) is 12.7. The van der Waals surface area contributed by atoms with Crippen molar-refractivity contribution in [3.05, 3.63) is 34.9 Å². The number of methoxy groups -OCH3 is 1. The monoisotopic (exact) mass is 229 g/mol. The standard InChI is InChI=1S/C11H16ClNO2/c1-15-8-11(7-14)13-6-9-2-4-10(12)5-3-9/h2-5,11,13-14H,6-8H2,1H3. The zero-order chi connectivity index (χ0) is 11.1. The van der Waals surface area contributed by atoms with Gasteiger partial charge in [-0.25, -0.2) is 0 Å². The molecule has 0 aliphatic heterocycles. The molecule has 0 amide bonds. The molecule has 1 unspecified atom stereocenters. The van der Waals surface area contributed by atoms with Crippen LogP contribution in [0.15, 0.2) is 24.3 Å². The van der Waals surface area contributed by atoms with E-state index in [0.717, 1.165) is 10.6 Å². The van der Waals surface area contributed by atoms with Crippen LogP contribution in [0.3, 0.4) is 0 Å². The van der Waals surface area contributed by atoms with E-state index in [2.05, 4.69) is 5.32 Å². The number of hydrogen-bond acceptors (Lipinski definition) is 3. The van der Waals surface area contributed by atoms with Gasteiger partial charge >= 0.3 is 0 Å². The maximum absolute atomic E-state index is 9.02. The van der Waals surface area contributed by atoms with Crippen molar-refractivity contribution in [2.24, 2.45) is 0 Å². The lowest BCUT2D eigenvalue weighted by atomic mass is 10.2. The molecule has 1 atom stereocenters. The molecule has 0 bridgehead atoms. The third-order valence-electron chi connectivity index (χ3n) is 2.10. The molecule has 1 aromatic rings. The van der Waals surface area contributed by atoms with E-state index in [9.17, 15) is 0 Å². The molecule has 0 heterocycles. The van der Waals surface area contributed by atoms with Gasteiger partial charge in [0, 0.05) is 18.7 Å². The molecule has 0 fully saturated rings. The van der Waals surface area contributed by atoms with Crippen molar-refractivity contribution in [2.75, 3.05) is 20.3 Å². The van der Waals surface area contributed by atoms with Crippen LogP contribution in [0.5, 0.6) is 0 Å². The third kappa shape index (κ3) is 4.62. The van der Waals surface area contributed by atoms with Crippen LogP contribution >= 0.6 is 11.6 Å². The van der Waals surface area contributed by atoms with Crippen LogP contribution in [-0.4, -0.2) is 31.5 Å². The Balaban J connectivity index is 2.38. The molecule has 2 N–H and O–H groups in total. The number of aliphatic hydroxyl groups excluding tert-OH is 1. The molecule has 0 radical (unpaired) electrons. The average Bonchev–Trinajstić information content (AvgIpc) is 2.26. The largest absolute Gasteiger partial charge is 0.395 e. The Hall–Kier alpha value is -0.610. The van der Waals surface area contributed by atoms with E-state index >= 15 is 0 Å². The van der Waals surface area contributed by atoms with Crippen LogP contribution in [0.2, 0.25) is 5.02 Å². The van der Waals surface area contributed by atoms with Crippen LogP contribution in [0.25, 0.3) is 0 Å². The SMILES string of the molecule is COCC(CO)NCc1ccc(Cl)cc1. The van der Waals surface area contributed by atoms with Gasteiger partial charge in [0.15, 0.2) is 0 Å². The third-order valence-corrected chi connectivity index (χ3v) is 2.35. The summed E-state index contributed by atoms with van der Waals surface area (Å²) in [5.74, 6) is 0. The first-order valence-electron chi connectivity index (χ1n) is 4.84. The fourth-order valence-corrected chi connectivity index (χ4v) is 1.37. The molecule has 1 aromatic carbocycles. The van der Waals surface area contributed by atoms with Gasteiger partial charge in [-0.2, -0.15) is 0 Å². The summed E-state index contributed by atoms with van der Waals surface area (Å²) in [7, 11) is 1.62. The number of rotatable bonds is 6. The first-order chi connectivity index (χ1) is 7.26. The molecule has 4 heteroatoms.